The molecule has 1 heterocycles. The summed E-state index contributed by atoms with van der Waals surface area (Å²) in [6.45, 7) is 8.33. The van der Waals surface area contributed by atoms with Crippen LogP contribution in [0.2, 0.25) is 0 Å². The Morgan fingerprint density at radius 3 is 2.40 bits per heavy atom. The zero-order valence-corrected chi connectivity index (χ0v) is 13.9. The molecule has 1 amide bonds. The van der Waals surface area contributed by atoms with Crippen LogP contribution in [0.25, 0.3) is 0 Å². The Morgan fingerprint density at radius 2 is 2.05 bits per heavy atom. The van der Waals surface area contributed by atoms with Crippen molar-refractivity contribution in [3.63, 3.8) is 0 Å². The Hall–Kier alpha value is -1.07. The van der Waals surface area contributed by atoms with Gasteiger partial charge in [-0.3, -0.25) is 9.48 Å². The minimum absolute atomic E-state index is 0. The van der Waals surface area contributed by atoms with Crippen molar-refractivity contribution in [3.05, 3.63) is 17.5 Å². The molecule has 3 N–H and O–H groups in total. The molecule has 1 atom stereocenters. The number of nitrogens with one attached hydrogen (secondary N) is 1. The standard InChI is InChI=1S/C14H26N4O.ClH/c1-6-14(7-2,9-15)13(19)16-10(3)12-8-18(5)17-11(12)4;/h8,10H,6-7,9,15H2,1-5H3,(H,16,19);1H. The lowest BCUT2D eigenvalue weighted by Crippen LogP contribution is -2.46. The molecule has 0 saturated carbocycles. The largest absolute Gasteiger partial charge is 0.349 e. The Morgan fingerprint density at radius 1 is 1.50 bits per heavy atom. The first-order valence-electron chi connectivity index (χ1n) is 6.91. The normalized spacial score (nSPS) is 12.7. The monoisotopic (exact) mass is 302 g/mol. The van der Waals surface area contributed by atoms with Crippen molar-refractivity contribution in [2.75, 3.05) is 6.54 Å². The number of nitrogens with zero attached hydrogens (tertiary/aromatic N) is 2. The molecule has 20 heavy (non-hydrogen) atoms. The summed E-state index contributed by atoms with van der Waals surface area (Å²) in [4.78, 5) is 12.4. The average molecular weight is 303 g/mol. The first-order chi connectivity index (χ1) is 8.90. The molecule has 0 fully saturated rings. The molecule has 0 aliphatic carbocycles. The number of carbonyl (C=O) groups is 1. The van der Waals surface area contributed by atoms with Crippen molar-refractivity contribution < 1.29 is 4.79 Å². The molecule has 0 spiro atoms. The van der Waals surface area contributed by atoms with Crippen molar-refractivity contribution in [1.82, 2.24) is 15.1 Å². The summed E-state index contributed by atoms with van der Waals surface area (Å²) < 4.78 is 1.77. The topological polar surface area (TPSA) is 72.9 Å². The number of aryl methyl sites for hydroxylation is 2. The van der Waals surface area contributed by atoms with Gasteiger partial charge in [0.1, 0.15) is 0 Å². The van der Waals surface area contributed by atoms with Gasteiger partial charge >= 0.3 is 0 Å². The SMILES string of the molecule is CCC(CC)(CN)C(=O)NC(C)c1cn(C)nc1C.Cl. The van der Waals surface area contributed by atoms with E-state index < -0.39 is 5.41 Å². The molecule has 116 valence electrons. The third kappa shape index (κ3) is 3.73. The van der Waals surface area contributed by atoms with E-state index in [-0.39, 0.29) is 24.4 Å². The summed E-state index contributed by atoms with van der Waals surface area (Å²) in [6.07, 6.45) is 3.46. The van der Waals surface area contributed by atoms with Gasteiger partial charge in [0.15, 0.2) is 0 Å². The third-order valence-corrected chi connectivity index (χ3v) is 4.09. The molecule has 0 radical (unpaired) electrons. The number of amides is 1. The molecule has 1 aromatic heterocycles. The molecule has 5 nitrogen and oxygen atoms in total. The van der Waals surface area contributed by atoms with Crippen LogP contribution >= 0.6 is 12.4 Å². The lowest BCUT2D eigenvalue weighted by molar-refractivity contribution is -0.131. The van der Waals surface area contributed by atoms with Crippen molar-refractivity contribution in [2.45, 2.75) is 46.6 Å². The summed E-state index contributed by atoms with van der Waals surface area (Å²) in [5, 5.41) is 7.37. The number of rotatable bonds is 6. The Labute approximate surface area is 127 Å². The lowest BCUT2D eigenvalue weighted by atomic mass is 9.81. The predicted molar refractivity (Wildman–Crippen MR) is 83.8 cm³/mol. The molecule has 0 aliphatic heterocycles. The van der Waals surface area contributed by atoms with E-state index in [1.807, 2.05) is 40.9 Å². The fourth-order valence-corrected chi connectivity index (χ4v) is 2.42. The smallest absolute Gasteiger partial charge is 0.227 e. The van der Waals surface area contributed by atoms with Crippen LogP contribution in [0.4, 0.5) is 0 Å². The first kappa shape index (κ1) is 18.9. The van der Waals surface area contributed by atoms with Crippen LogP contribution in [0.5, 0.6) is 0 Å². The van der Waals surface area contributed by atoms with Gasteiger partial charge in [0.25, 0.3) is 0 Å². The fraction of sp³-hybridized carbons (Fsp3) is 0.714. The maximum atomic E-state index is 12.4. The van der Waals surface area contributed by atoms with E-state index in [4.69, 9.17) is 5.73 Å². The Kier molecular flexibility index (Phi) is 7.23. The van der Waals surface area contributed by atoms with Crippen molar-refractivity contribution in [3.8, 4) is 0 Å². The molecule has 1 unspecified atom stereocenters. The van der Waals surface area contributed by atoms with Crippen LogP contribution in [0, 0.1) is 12.3 Å². The predicted octanol–water partition coefficient (Wildman–Crippen LogP) is 2.09. The zero-order chi connectivity index (χ0) is 14.6. The van der Waals surface area contributed by atoms with Gasteiger partial charge in [0.05, 0.1) is 17.2 Å². The highest BCUT2D eigenvalue weighted by Gasteiger charge is 2.34. The van der Waals surface area contributed by atoms with Crippen LogP contribution in [-0.4, -0.2) is 22.2 Å². The van der Waals surface area contributed by atoms with Gasteiger partial charge in [0.2, 0.25) is 5.91 Å². The molecule has 0 aromatic carbocycles. The molecule has 1 rings (SSSR count). The molecule has 0 aliphatic rings. The highest BCUT2D eigenvalue weighted by atomic mass is 35.5. The van der Waals surface area contributed by atoms with Crippen LogP contribution in [0.3, 0.4) is 0 Å². The Balaban J connectivity index is 0.00000361. The molecule has 0 bridgehead atoms. The quantitative estimate of drug-likeness (QED) is 0.845. The summed E-state index contributed by atoms with van der Waals surface area (Å²) in [6, 6.07) is -0.0507. The van der Waals surface area contributed by atoms with E-state index in [2.05, 4.69) is 10.4 Å². The van der Waals surface area contributed by atoms with E-state index >= 15 is 0 Å². The van der Waals surface area contributed by atoms with Gasteiger partial charge < -0.3 is 11.1 Å². The zero-order valence-electron chi connectivity index (χ0n) is 13.1. The number of hydrogen-bond donors (Lipinski definition) is 2. The van der Waals surface area contributed by atoms with E-state index in [1.165, 1.54) is 0 Å². The van der Waals surface area contributed by atoms with Crippen molar-refractivity contribution >= 4 is 18.3 Å². The number of nitrogens with two attached hydrogens (primary N) is 1. The molecule has 6 heteroatoms. The van der Waals surface area contributed by atoms with Gasteiger partial charge in [-0.05, 0) is 26.7 Å². The lowest BCUT2D eigenvalue weighted by Gasteiger charge is -2.30. The molecular formula is C14H27ClN4O. The maximum Gasteiger partial charge on any atom is 0.227 e. The number of hydrogen-bond acceptors (Lipinski definition) is 3. The second-order valence-corrected chi connectivity index (χ2v) is 5.23. The molecule has 1 aromatic rings. The van der Waals surface area contributed by atoms with E-state index in [0.29, 0.717) is 6.54 Å². The van der Waals surface area contributed by atoms with Gasteiger partial charge in [-0.25, -0.2) is 0 Å². The highest BCUT2D eigenvalue weighted by Crippen LogP contribution is 2.27. The minimum atomic E-state index is -0.454. The maximum absolute atomic E-state index is 12.4. The van der Waals surface area contributed by atoms with Crippen molar-refractivity contribution in [2.24, 2.45) is 18.2 Å². The summed E-state index contributed by atoms with van der Waals surface area (Å²) in [5.74, 6) is 0.0377. The van der Waals surface area contributed by atoms with Gasteiger partial charge in [-0.15, -0.1) is 12.4 Å². The first-order valence-corrected chi connectivity index (χ1v) is 6.91. The fourth-order valence-electron chi connectivity index (χ4n) is 2.42. The summed E-state index contributed by atoms with van der Waals surface area (Å²) in [5.41, 5.74) is 7.34. The van der Waals surface area contributed by atoms with Crippen LogP contribution in [0.15, 0.2) is 6.20 Å². The van der Waals surface area contributed by atoms with Crippen LogP contribution < -0.4 is 11.1 Å². The number of carbonyl (C=O) groups excluding carboxylic acids is 1. The second kappa shape index (κ2) is 7.64. The van der Waals surface area contributed by atoms with E-state index in [0.717, 1.165) is 24.1 Å². The summed E-state index contributed by atoms with van der Waals surface area (Å²) in [7, 11) is 1.88. The van der Waals surface area contributed by atoms with Crippen molar-refractivity contribution in [1.29, 1.82) is 0 Å². The number of aromatic nitrogens is 2. The minimum Gasteiger partial charge on any atom is -0.349 e. The molecular weight excluding hydrogens is 276 g/mol. The number of halogens is 1. The average Bonchev–Trinajstić information content (AvgIpc) is 2.71. The Bertz CT molecular complexity index is 432. The van der Waals surface area contributed by atoms with E-state index in [9.17, 15) is 4.79 Å². The third-order valence-electron chi connectivity index (χ3n) is 4.09. The van der Waals surface area contributed by atoms with Gasteiger partial charge in [-0.1, -0.05) is 13.8 Å². The molecule has 0 saturated heterocycles. The summed E-state index contributed by atoms with van der Waals surface area (Å²) >= 11 is 0. The van der Waals surface area contributed by atoms with Gasteiger partial charge in [-0.2, -0.15) is 5.10 Å². The second-order valence-electron chi connectivity index (χ2n) is 5.23. The van der Waals surface area contributed by atoms with Crippen LogP contribution in [0.1, 0.15) is 50.9 Å². The highest BCUT2D eigenvalue weighted by molar-refractivity contribution is 5.85. The van der Waals surface area contributed by atoms with Crippen LogP contribution in [-0.2, 0) is 11.8 Å². The van der Waals surface area contributed by atoms with Gasteiger partial charge in [0, 0.05) is 25.4 Å². The van der Waals surface area contributed by atoms with E-state index in [1.54, 1.807) is 4.68 Å².